The summed E-state index contributed by atoms with van der Waals surface area (Å²) in [4.78, 5) is 38.4. The summed E-state index contributed by atoms with van der Waals surface area (Å²) in [5, 5.41) is 23.5. The second-order valence-corrected chi connectivity index (χ2v) is 7.86. The Morgan fingerprint density at radius 1 is 1.34 bits per heavy atom. The lowest BCUT2D eigenvalue weighted by Gasteiger charge is -2.28. The molecule has 1 aromatic carbocycles. The lowest BCUT2D eigenvalue weighted by molar-refractivity contribution is -0.384. The first-order chi connectivity index (χ1) is 14.0. The van der Waals surface area contributed by atoms with E-state index in [9.17, 15) is 24.8 Å². The fourth-order valence-electron chi connectivity index (χ4n) is 3.78. The summed E-state index contributed by atoms with van der Waals surface area (Å²) < 4.78 is 5.63. The Labute approximate surface area is 170 Å². The number of thiophene rings is 1. The zero-order valence-corrected chi connectivity index (χ0v) is 16.1. The number of non-ortho nitro benzene ring substituents is 1. The molecule has 1 fully saturated rings. The summed E-state index contributed by atoms with van der Waals surface area (Å²) in [5.74, 6) is -1.74. The van der Waals surface area contributed by atoms with Crippen molar-refractivity contribution in [2.24, 2.45) is 0 Å². The number of amides is 1. The predicted octanol–water partition coefficient (Wildman–Crippen LogP) is 3.41. The Balaban J connectivity index is 1.79. The van der Waals surface area contributed by atoms with Crippen molar-refractivity contribution in [2.75, 3.05) is 13.2 Å². The number of Topliss-reactive ketones (excluding diaryl/α,β-unsaturated/α-hetero) is 1. The molecule has 1 N–H and O–H groups in total. The number of ether oxygens (including phenoxy) is 1. The molecule has 0 bridgehead atoms. The molecule has 0 unspecified atom stereocenters. The quantitative estimate of drug-likeness (QED) is 0.441. The van der Waals surface area contributed by atoms with Gasteiger partial charge in [0.2, 0.25) is 5.78 Å². The minimum absolute atomic E-state index is 0.0593. The molecule has 2 aliphatic heterocycles. The molecule has 29 heavy (non-hydrogen) atoms. The molecule has 0 radical (unpaired) electrons. The molecule has 1 saturated heterocycles. The lowest BCUT2D eigenvalue weighted by atomic mass is 9.95. The van der Waals surface area contributed by atoms with Crippen molar-refractivity contribution in [3.63, 3.8) is 0 Å². The van der Waals surface area contributed by atoms with Gasteiger partial charge in [-0.1, -0.05) is 18.2 Å². The highest BCUT2D eigenvalue weighted by Gasteiger charge is 2.45. The summed E-state index contributed by atoms with van der Waals surface area (Å²) in [6, 6.07) is 8.21. The minimum Gasteiger partial charge on any atom is -0.503 e. The number of nitrogens with zero attached hydrogens (tertiary/aromatic N) is 2. The van der Waals surface area contributed by atoms with Crippen LogP contribution in [-0.4, -0.2) is 45.9 Å². The number of rotatable bonds is 6. The molecular formula is C20H18N2O6S. The van der Waals surface area contributed by atoms with E-state index in [-0.39, 0.29) is 23.9 Å². The van der Waals surface area contributed by atoms with Crippen LogP contribution in [0, 0.1) is 10.1 Å². The van der Waals surface area contributed by atoms with Crippen molar-refractivity contribution in [3.8, 4) is 0 Å². The van der Waals surface area contributed by atoms with E-state index >= 15 is 0 Å². The summed E-state index contributed by atoms with van der Waals surface area (Å²) >= 11 is 1.20. The number of aliphatic hydroxyl groups excluding tert-OH is 1. The molecule has 9 heteroatoms. The van der Waals surface area contributed by atoms with Crippen LogP contribution >= 0.6 is 11.3 Å². The maximum Gasteiger partial charge on any atom is 0.290 e. The number of hydrogen-bond acceptors (Lipinski definition) is 7. The molecule has 2 atom stereocenters. The van der Waals surface area contributed by atoms with Gasteiger partial charge in [-0.3, -0.25) is 19.7 Å². The second-order valence-electron chi connectivity index (χ2n) is 6.92. The maximum atomic E-state index is 13.1. The molecule has 0 spiro atoms. The number of nitro benzene ring substituents is 1. The average Bonchev–Trinajstić information content (AvgIpc) is 3.46. The first-order valence-electron chi connectivity index (χ1n) is 9.15. The lowest BCUT2D eigenvalue weighted by Crippen LogP contribution is -2.37. The third kappa shape index (κ3) is 3.54. The van der Waals surface area contributed by atoms with Gasteiger partial charge in [0.1, 0.15) is 0 Å². The minimum atomic E-state index is -0.916. The summed E-state index contributed by atoms with van der Waals surface area (Å²) in [6.45, 7) is 0.784. The van der Waals surface area contributed by atoms with Gasteiger partial charge in [0.05, 0.1) is 27.5 Å². The largest absolute Gasteiger partial charge is 0.503 e. The van der Waals surface area contributed by atoms with Gasteiger partial charge < -0.3 is 14.7 Å². The van der Waals surface area contributed by atoms with E-state index in [4.69, 9.17) is 4.74 Å². The van der Waals surface area contributed by atoms with Crippen LogP contribution in [-0.2, 0) is 9.53 Å². The third-order valence-electron chi connectivity index (χ3n) is 5.11. The Morgan fingerprint density at radius 3 is 2.83 bits per heavy atom. The fraction of sp³-hybridized carbons (Fsp3) is 0.300. The normalized spacial score (nSPS) is 21.8. The maximum absolute atomic E-state index is 13.1. The molecule has 2 aliphatic rings. The van der Waals surface area contributed by atoms with E-state index < -0.39 is 28.4 Å². The fourth-order valence-corrected chi connectivity index (χ4v) is 4.45. The number of ketones is 1. The third-order valence-corrected chi connectivity index (χ3v) is 5.98. The first kappa shape index (κ1) is 19.3. The van der Waals surface area contributed by atoms with Crippen LogP contribution in [0.4, 0.5) is 5.69 Å². The van der Waals surface area contributed by atoms with Gasteiger partial charge in [-0.2, -0.15) is 0 Å². The van der Waals surface area contributed by atoms with Crippen LogP contribution < -0.4 is 0 Å². The number of benzene rings is 1. The summed E-state index contributed by atoms with van der Waals surface area (Å²) in [6.07, 6.45) is 1.43. The van der Waals surface area contributed by atoms with Gasteiger partial charge in [0.15, 0.2) is 5.76 Å². The number of hydrogen-bond donors (Lipinski definition) is 1. The van der Waals surface area contributed by atoms with E-state index in [0.29, 0.717) is 17.0 Å². The van der Waals surface area contributed by atoms with Crippen LogP contribution in [0.3, 0.4) is 0 Å². The van der Waals surface area contributed by atoms with Gasteiger partial charge in [-0.25, -0.2) is 0 Å². The first-order valence-corrected chi connectivity index (χ1v) is 10.0. The molecule has 3 heterocycles. The highest BCUT2D eigenvalue weighted by molar-refractivity contribution is 7.12. The van der Waals surface area contributed by atoms with Crippen LogP contribution in [0.15, 0.2) is 53.1 Å². The molecule has 0 saturated carbocycles. The molecule has 150 valence electrons. The average molecular weight is 414 g/mol. The van der Waals surface area contributed by atoms with E-state index in [1.54, 1.807) is 23.6 Å². The Bertz CT molecular complexity index is 994. The summed E-state index contributed by atoms with van der Waals surface area (Å²) in [5.41, 5.74) is 0.187. The number of nitro groups is 1. The zero-order valence-electron chi connectivity index (χ0n) is 15.3. The van der Waals surface area contributed by atoms with Crippen LogP contribution in [0.2, 0.25) is 0 Å². The standard InChI is InChI=1S/C20H18N2O6S/c23-18(15-7-3-9-29-15)16-17(12-4-1-5-13(10-12)22(26)27)21(20(25)19(16)24)11-14-6-2-8-28-14/h1,3-5,7,9-10,14,17,24H,2,6,8,11H2/t14-,17-/m0/s1. The summed E-state index contributed by atoms with van der Waals surface area (Å²) in [7, 11) is 0. The molecule has 0 aliphatic carbocycles. The van der Waals surface area contributed by atoms with E-state index in [2.05, 4.69) is 0 Å². The molecule has 1 aromatic heterocycles. The van der Waals surface area contributed by atoms with Crippen LogP contribution in [0.25, 0.3) is 0 Å². The van der Waals surface area contributed by atoms with Gasteiger partial charge >= 0.3 is 0 Å². The molecule has 4 rings (SSSR count). The molecule has 2 aromatic rings. The smallest absolute Gasteiger partial charge is 0.290 e. The molecule has 8 nitrogen and oxygen atoms in total. The highest BCUT2D eigenvalue weighted by atomic mass is 32.1. The Hall–Kier alpha value is -3.04. The van der Waals surface area contributed by atoms with Crippen molar-refractivity contribution in [2.45, 2.75) is 25.0 Å². The van der Waals surface area contributed by atoms with Gasteiger partial charge in [0.25, 0.3) is 11.6 Å². The second kappa shape index (κ2) is 7.76. The van der Waals surface area contributed by atoms with Gasteiger partial charge in [-0.05, 0) is 29.9 Å². The van der Waals surface area contributed by atoms with Crippen molar-refractivity contribution < 1.29 is 24.4 Å². The monoisotopic (exact) mass is 414 g/mol. The Kier molecular flexibility index (Phi) is 5.16. The van der Waals surface area contributed by atoms with Crippen molar-refractivity contribution in [3.05, 3.63) is 73.7 Å². The van der Waals surface area contributed by atoms with E-state index in [1.807, 2.05) is 0 Å². The van der Waals surface area contributed by atoms with Crippen LogP contribution in [0.1, 0.15) is 34.1 Å². The van der Waals surface area contributed by atoms with Crippen molar-refractivity contribution >= 4 is 28.7 Å². The van der Waals surface area contributed by atoms with E-state index in [0.717, 1.165) is 12.8 Å². The predicted molar refractivity (Wildman–Crippen MR) is 105 cm³/mol. The van der Waals surface area contributed by atoms with Crippen molar-refractivity contribution in [1.82, 2.24) is 4.90 Å². The highest BCUT2D eigenvalue weighted by Crippen LogP contribution is 2.40. The Morgan fingerprint density at radius 2 is 2.17 bits per heavy atom. The number of carbonyl (C=O) groups excluding carboxylic acids is 2. The number of carbonyl (C=O) groups is 2. The van der Waals surface area contributed by atoms with Gasteiger partial charge in [0, 0.05) is 25.3 Å². The number of aliphatic hydroxyl groups is 1. The molecular weight excluding hydrogens is 396 g/mol. The van der Waals surface area contributed by atoms with E-state index in [1.165, 1.54) is 34.4 Å². The SMILES string of the molecule is O=C(C1=C(O)C(=O)N(C[C@@H]2CCCO2)[C@H]1c1cccc([N+](=O)[O-])c1)c1cccs1. The topological polar surface area (TPSA) is 110 Å². The van der Waals surface area contributed by atoms with Gasteiger partial charge in [-0.15, -0.1) is 11.3 Å². The van der Waals surface area contributed by atoms with Crippen LogP contribution in [0.5, 0.6) is 0 Å². The zero-order chi connectivity index (χ0) is 20.5. The molecule has 1 amide bonds. The van der Waals surface area contributed by atoms with Crippen molar-refractivity contribution in [1.29, 1.82) is 0 Å².